The van der Waals surface area contributed by atoms with Gasteiger partial charge in [-0.2, -0.15) is 0 Å². The molecule has 128 valence electrons. The molecular weight excluding hydrogens is 324 g/mol. The summed E-state index contributed by atoms with van der Waals surface area (Å²) in [4.78, 5) is 23.0. The Morgan fingerprint density at radius 1 is 1.16 bits per heavy atom. The molecule has 0 aliphatic carbocycles. The smallest absolute Gasteiger partial charge is 0.328 e. The van der Waals surface area contributed by atoms with Gasteiger partial charge < -0.3 is 19.7 Å². The van der Waals surface area contributed by atoms with E-state index < -0.39 is 24.0 Å². The summed E-state index contributed by atoms with van der Waals surface area (Å²) in [5.74, 6) is -1.52. The molecule has 0 bridgehead atoms. The van der Waals surface area contributed by atoms with Crippen LogP contribution in [-0.2, 0) is 14.3 Å². The van der Waals surface area contributed by atoms with Gasteiger partial charge in [0.05, 0.1) is 7.11 Å². The SMILES string of the molecule is COC(=O)[C@@H]1c2cc(/C=C/C(=O)O)ccc2O[C@H]1c1ccc(O)cc1. The van der Waals surface area contributed by atoms with Crippen LogP contribution in [0.15, 0.2) is 48.5 Å². The van der Waals surface area contributed by atoms with E-state index in [9.17, 15) is 14.7 Å². The van der Waals surface area contributed by atoms with Crippen molar-refractivity contribution in [2.75, 3.05) is 7.11 Å². The molecule has 0 saturated carbocycles. The van der Waals surface area contributed by atoms with E-state index in [1.54, 1.807) is 30.3 Å². The zero-order valence-corrected chi connectivity index (χ0v) is 13.4. The fourth-order valence-corrected chi connectivity index (χ4v) is 2.86. The second-order valence-corrected chi connectivity index (χ2v) is 5.60. The number of carbonyl (C=O) groups excluding carboxylic acids is 1. The first-order chi connectivity index (χ1) is 12.0. The second kappa shape index (κ2) is 6.68. The number of hydrogen-bond acceptors (Lipinski definition) is 5. The van der Waals surface area contributed by atoms with Crippen LogP contribution in [0.1, 0.15) is 28.7 Å². The summed E-state index contributed by atoms with van der Waals surface area (Å²) < 4.78 is 10.9. The van der Waals surface area contributed by atoms with E-state index in [0.29, 0.717) is 16.9 Å². The largest absolute Gasteiger partial charge is 0.508 e. The molecule has 1 aliphatic heterocycles. The Bertz CT molecular complexity index is 837. The van der Waals surface area contributed by atoms with Crippen molar-refractivity contribution in [1.82, 2.24) is 0 Å². The fraction of sp³-hybridized carbons (Fsp3) is 0.158. The Morgan fingerprint density at radius 3 is 2.52 bits per heavy atom. The number of ether oxygens (including phenoxy) is 2. The molecular formula is C19H16O6. The third-order valence-electron chi connectivity index (χ3n) is 4.02. The summed E-state index contributed by atoms with van der Waals surface area (Å²) in [6.07, 6.45) is 1.90. The minimum Gasteiger partial charge on any atom is -0.508 e. The van der Waals surface area contributed by atoms with Gasteiger partial charge in [-0.25, -0.2) is 4.79 Å². The van der Waals surface area contributed by atoms with Crippen molar-refractivity contribution >= 4 is 18.0 Å². The van der Waals surface area contributed by atoms with E-state index in [2.05, 4.69) is 0 Å². The third-order valence-corrected chi connectivity index (χ3v) is 4.02. The molecule has 0 spiro atoms. The van der Waals surface area contributed by atoms with Crippen molar-refractivity contribution < 1.29 is 29.3 Å². The van der Waals surface area contributed by atoms with Gasteiger partial charge >= 0.3 is 11.9 Å². The Balaban J connectivity index is 2.01. The predicted molar refractivity (Wildman–Crippen MR) is 89.3 cm³/mol. The van der Waals surface area contributed by atoms with Crippen LogP contribution in [0.4, 0.5) is 0 Å². The van der Waals surface area contributed by atoms with Crippen molar-refractivity contribution in [3.8, 4) is 11.5 Å². The second-order valence-electron chi connectivity index (χ2n) is 5.60. The van der Waals surface area contributed by atoms with Gasteiger partial charge in [-0.1, -0.05) is 18.2 Å². The van der Waals surface area contributed by atoms with E-state index in [1.165, 1.54) is 25.3 Å². The number of carboxylic acid groups (broad SMARTS) is 1. The van der Waals surface area contributed by atoms with Gasteiger partial charge in [0.1, 0.15) is 23.5 Å². The lowest BCUT2D eigenvalue weighted by Gasteiger charge is -2.17. The predicted octanol–water partition coefficient (Wildman–Crippen LogP) is 2.88. The third kappa shape index (κ3) is 3.33. The average molecular weight is 340 g/mol. The number of rotatable bonds is 4. The molecule has 0 fully saturated rings. The zero-order chi connectivity index (χ0) is 18.0. The zero-order valence-electron chi connectivity index (χ0n) is 13.4. The first-order valence-electron chi connectivity index (χ1n) is 7.58. The lowest BCUT2D eigenvalue weighted by Crippen LogP contribution is -2.20. The molecule has 6 nitrogen and oxygen atoms in total. The quantitative estimate of drug-likeness (QED) is 0.657. The summed E-state index contributed by atoms with van der Waals surface area (Å²) in [5, 5.41) is 18.2. The van der Waals surface area contributed by atoms with Crippen LogP contribution in [0.25, 0.3) is 6.08 Å². The highest BCUT2D eigenvalue weighted by molar-refractivity contribution is 5.86. The summed E-state index contributed by atoms with van der Waals surface area (Å²) in [5.41, 5.74) is 2.01. The van der Waals surface area contributed by atoms with E-state index in [-0.39, 0.29) is 5.75 Å². The highest BCUT2D eigenvalue weighted by atomic mass is 16.5. The van der Waals surface area contributed by atoms with Crippen LogP contribution in [0.3, 0.4) is 0 Å². The molecule has 0 aromatic heterocycles. The van der Waals surface area contributed by atoms with E-state index >= 15 is 0 Å². The number of aromatic hydroxyl groups is 1. The number of hydrogen-bond donors (Lipinski definition) is 2. The molecule has 6 heteroatoms. The molecule has 1 aliphatic rings. The number of aliphatic carboxylic acids is 1. The Hall–Kier alpha value is -3.28. The number of esters is 1. The van der Waals surface area contributed by atoms with E-state index in [4.69, 9.17) is 14.6 Å². The number of carbonyl (C=O) groups is 2. The lowest BCUT2D eigenvalue weighted by molar-refractivity contribution is -0.144. The number of phenols is 1. The van der Waals surface area contributed by atoms with Crippen molar-refractivity contribution in [3.63, 3.8) is 0 Å². The Labute approximate surface area is 143 Å². The molecule has 1 heterocycles. The molecule has 2 N–H and O–H groups in total. The molecule has 25 heavy (non-hydrogen) atoms. The van der Waals surface area contributed by atoms with Crippen molar-refractivity contribution in [2.24, 2.45) is 0 Å². The molecule has 0 saturated heterocycles. The number of benzene rings is 2. The first-order valence-corrected chi connectivity index (χ1v) is 7.58. The maximum Gasteiger partial charge on any atom is 0.328 e. The summed E-state index contributed by atoms with van der Waals surface area (Å²) in [6.45, 7) is 0. The van der Waals surface area contributed by atoms with Gasteiger partial charge in [-0.3, -0.25) is 4.79 Å². The van der Waals surface area contributed by atoms with Gasteiger partial charge in [-0.05, 0) is 41.5 Å². The maximum atomic E-state index is 12.3. The van der Waals surface area contributed by atoms with Crippen molar-refractivity contribution in [3.05, 3.63) is 65.2 Å². The summed E-state index contributed by atoms with van der Waals surface area (Å²) in [6, 6.07) is 11.6. The van der Waals surface area contributed by atoms with Gasteiger partial charge in [-0.15, -0.1) is 0 Å². The monoisotopic (exact) mass is 340 g/mol. The normalized spacial score (nSPS) is 18.6. The first kappa shape index (κ1) is 16.6. The van der Waals surface area contributed by atoms with Crippen molar-refractivity contribution in [2.45, 2.75) is 12.0 Å². The minimum atomic E-state index is -1.05. The van der Waals surface area contributed by atoms with E-state index in [0.717, 1.165) is 11.6 Å². The van der Waals surface area contributed by atoms with Crippen LogP contribution < -0.4 is 4.74 Å². The summed E-state index contributed by atoms with van der Waals surface area (Å²) in [7, 11) is 1.31. The average Bonchev–Trinajstić information content (AvgIpc) is 2.98. The topological polar surface area (TPSA) is 93.1 Å². The van der Waals surface area contributed by atoms with Gasteiger partial charge in [0.25, 0.3) is 0 Å². The molecule has 2 aromatic rings. The van der Waals surface area contributed by atoms with Crippen LogP contribution in [0.5, 0.6) is 11.5 Å². The van der Waals surface area contributed by atoms with E-state index in [1.807, 2.05) is 0 Å². The number of carboxylic acids is 1. The summed E-state index contributed by atoms with van der Waals surface area (Å²) >= 11 is 0. The molecule has 0 amide bonds. The van der Waals surface area contributed by atoms with Crippen LogP contribution in [0.2, 0.25) is 0 Å². The Morgan fingerprint density at radius 2 is 1.88 bits per heavy atom. The van der Waals surface area contributed by atoms with Crippen molar-refractivity contribution in [1.29, 1.82) is 0 Å². The number of fused-ring (bicyclic) bond motifs is 1. The number of phenolic OH excluding ortho intramolecular Hbond substituents is 1. The molecule has 0 radical (unpaired) electrons. The minimum absolute atomic E-state index is 0.120. The van der Waals surface area contributed by atoms with Crippen LogP contribution in [-0.4, -0.2) is 29.3 Å². The van der Waals surface area contributed by atoms with Gasteiger partial charge in [0.15, 0.2) is 0 Å². The molecule has 0 unspecified atom stereocenters. The lowest BCUT2D eigenvalue weighted by atomic mass is 9.90. The molecule has 2 atom stereocenters. The highest BCUT2D eigenvalue weighted by Crippen LogP contribution is 2.47. The van der Waals surface area contributed by atoms with Gasteiger partial charge in [0, 0.05) is 11.6 Å². The molecule has 2 aromatic carbocycles. The standard InChI is InChI=1S/C19H16O6/c1-24-19(23)17-14-10-11(3-9-16(21)22)2-8-15(14)25-18(17)12-4-6-13(20)7-5-12/h2-10,17-18,20H,1H3,(H,21,22)/b9-3+/t17-,18+/m1/s1. The van der Waals surface area contributed by atoms with Crippen LogP contribution in [0, 0.1) is 0 Å². The molecule has 3 rings (SSSR count). The van der Waals surface area contributed by atoms with Gasteiger partial charge in [0.2, 0.25) is 0 Å². The Kier molecular flexibility index (Phi) is 4.43. The number of methoxy groups -OCH3 is 1. The fourth-order valence-electron chi connectivity index (χ4n) is 2.86. The van der Waals surface area contributed by atoms with Crippen LogP contribution >= 0.6 is 0 Å². The highest BCUT2D eigenvalue weighted by Gasteiger charge is 2.41. The maximum absolute atomic E-state index is 12.3.